The van der Waals surface area contributed by atoms with Gasteiger partial charge >= 0.3 is 156 Å². The number of phenolic OH excluding ortho intramolecular Hbond substituents is 1. The SMILES string of the molecule is CCN(CC)C(=O)c1ccccc1O.Cl.Fc1ccc(Br)nc1.Fc1ccc(NC2CCCC2)nc1.Fc1ccc(N[C@@H]2CCNC2)nc1.NC1CCCC1.O=[P+]([O-])O[O-].[2H]CF.[Cu][I].[K+].[K][K]. The number of carbonyl (C=O) groups is 1. The van der Waals surface area contributed by atoms with Crippen LogP contribution < -0.4 is 83.2 Å². The summed E-state index contributed by atoms with van der Waals surface area (Å²) in [5, 5.41) is 27.8. The molecule has 26 heteroatoms. The van der Waals surface area contributed by atoms with Gasteiger partial charge in [-0.15, -0.1) is 12.4 Å². The fraction of sp³-hybridized carbons (Fsp3) is 0.463. The Labute approximate surface area is 517 Å². The summed E-state index contributed by atoms with van der Waals surface area (Å²) < 4.78 is 64.5. The van der Waals surface area contributed by atoms with Gasteiger partial charge in [-0.2, -0.15) is 0 Å². The van der Waals surface area contributed by atoms with Gasteiger partial charge in [0.25, 0.3) is 5.91 Å². The molecule has 2 aliphatic carbocycles. The monoisotopic (exact) mass is 1290 g/mol. The van der Waals surface area contributed by atoms with Crippen LogP contribution in [0.3, 0.4) is 0 Å². The second-order valence-electron chi connectivity index (χ2n) is 13.3. The Bertz CT molecular complexity index is 1720. The van der Waals surface area contributed by atoms with Gasteiger partial charge in [0.2, 0.25) is 0 Å². The molecule has 1 saturated heterocycles. The third kappa shape index (κ3) is 40.1. The van der Waals surface area contributed by atoms with E-state index < -0.39 is 15.4 Å². The maximum atomic E-state index is 12.5. The van der Waals surface area contributed by atoms with Gasteiger partial charge in [-0.25, -0.2) is 32.8 Å². The van der Waals surface area contributed by atoms with E-state index in [0.717, 1.165) is 37.3 Å². The number of para-hydroxylation sites is 1. The molecule has 1 amide bonds. The van der Waals surface area contributed by atoms with E-state index in [1.807, 2.05) is 13.8 Å². The van der Waals surface area contributed by atoms with Crippen LogP contribution in [0.1, 0.15) is 83.4 Å². The summed E-state index contributed by atoms with van der Waals surface area (Å²) in [5.41, 5.74) is 5.91. The number of anilines is 2. The van der Waals surface area contributed by atoms with E-state index in [0.29, 0.717) is 41.4 Å². The number of nitrogens with zero attached hydrogens (tertiary/aromatic N) is 4. The van der Waals surface area contributed by atoms with Crippen LogP contribution in [0, 0.1) is 17.5 Å². The van der Waals surface area contributed by atoms with Crippen molar-refractivity contribution in [2.24, 2.45) is 5.73 Å². The number of carbonyl (C=O) groups excluding carboxylic acids is 1. The molecule has 1 aromatic carbocycles. The summed E-state index contributed by atoms with van der Waals surface area (Å²) >= 11 is 11.4. The number of rotatable bonds is 8. The van der Waals surface area contributed by atoms with Crippen molar-refractivity contribution in [2.45, 2.75) is 89.8 Å². The molecule has 1 unspecified atom stereocenters. The van der Waals surface area contributed by atoms with Crippen molar-refractivity contribution in [1.29, 1.82) is 0 Å². The molecule has 0 spiro atoms. The van der Waals surface area contributed by atoms with Crippen LogP contribution in [0.2, 0.25) is 0 Å². The number of amides is 1. The Balaban J connectivity index is -0.000000359. The topological polar surface area (TPSA) is 214 Å². The van der Waals surface area contributed by atoms with Crippen LogP contribution in [0.4, 0.5) is 29.2 Å². The number of hydrogen-bond acceptors (Lipinski definition) is 13. The molecule has 7 rings (SSSR count). The van der Waals surface area contributed by atoms with Crippen molar-refractivity contribution in [1.82, 2.24) is 25.2 Å². The molecule has 67 heavy (non-hydrogen) atoms. The Kier molecular flexibility index (Phi) is 56.4. The van der Waals surface area contributed by atoms with E-state index in [-0.39, 0.29) is 92.9 Å². The van der Waals surface area contributed by atoms with Crippen molar-refractivity contribution in [3.8, 4) is 5.75 Å². The summed E-state index contributed by atoms with van der Waals surface area (Å²) in [5.74, 6) is 0.571. The van der Waals surface area contributed by atoms with Gasteiger partial charge in [-0.3, -0.25) is 9.18 Å². The Hall–Kier alpha value is 2.09. The molecule has 2 saturated carbocycles. The predicted octanol–water partition coefficient (Wildman–Crippen LogP) is 4.74. The molecule has 3 aliphatic rings. The molecule has 6 N–H and O–H groups in total. The van der Waals surface area contributed by atoms with E-state index in [9.17, 15) is 27.5 Å². The van der Waals surface area contributed by atoms with Crippen LogP contribution >= 0.6 is 56.9 Å². The number of aromatic nitrogens is 3. The second kappa shape index (κ2) is 51.6. The van der Waals surface area contributed by atoms with Crippen molar-refractivity contribution in [2.75, 3.05) is 44.0 Å². The number of alkyl halides is 1. The number of halogens is 7. The number of benzene rings is 1. The summed E-state index contributed by atoms with van der Waals surface area (Å²) in [7, 11) is -4.15. The van der Waals surface area contributed by atoms with Gasteiger partial charge in [0, 0.05) is 37.8 Å². The molecule has 0 bridgehead atoms. The maximum absolute atomic E-state index is 12.5. The van der Waals surface area contributed by atoms with Crippen molar-refractivity contribution < 1.29 is 112 Å². The van der Waals surface area contributed by atoms with Crippen LogP contribution in [-0.4, -0.2) is 145 Å². The first-order valence-electron chi connectivity index (χ1n) is 21.4. The van der Waals surface area contributed by atoms with Crippen LogP contribution in [-0.2, 0) is 22.0 Å². The molecule has 366 valence electrons. The zero-order valence-electron chi connectivity index (χ0n) is 39.4. The average Bonchev–Trinajstić information content (AvgIpc) is 4.16. The molecular formula is C41H58BrClCuF4IK3N8O6P. The molecule has 0 radical (unpaired) electrons. The standard InChI is InChI=1S/C11H15NO2.C10H13FN2.C9H12FN3.C5H3BrFN.C5H11N.CH3F.ClH.Cu.HI.3K.HO4P/c1-3-12(4-2)11(14)9-7-5-6-8-10(9)13;11-8-5-6-10(12-7-8)13-9-3-1-2-4-9;10-7-1-2-9(12-5-7)13-8-3-4-11-6-8;6-5-2-1-4(7)3-8-5;6-5-3-1-2-4-5;1-2;;;;;;;1-4-5(2)3/h5-8,13H,3-4H2,1-2H3;5-7,9H,1-4H2,(H,12,13);1-2,5,8,11H,3-4,6H2,(H,12,13);1-3H;5H,1-4,6H2;1H3;1H;;1H;;;;1H/q;;;;;;;+1;;;;+1;/p-2/t;;8-;;;;;;;;;;/m..1........../s1/i;;;;;1D;;;;;;;. The molecule has 3 aromatic heterocycles. The Morgan fingerprint density at radius 3 is 1.67 bits per heavy atom. The fourth-order valence-electron chi connectivity index (χ4n) is 5.84. The van der Waals surface area contributed by atoms with Gasteiger partial charge in [-0.05, 0) is 122 Å². The minimum absolute atomic E-state index is 0. The van der Waals surface area contributed by atoms with Crippen LogP contribution in [0.15, 0.2) is 83.9 Å². The number of hydrogen-bond donors (Lipinski definition) is 5. The zero-order valence-corrected chi connectivity index (χ0v) is 54.2. The van der Waals surface area contributed by atoms with Crippen LogP contribution in [0.25, 0.3) is 0 Å². The van der Waals surface area contributed by atoms with Crippen molar-refractivity contribution >= 4 is 138 Å². The van der Waals surface area contributed by atoms with E-state index in [2.05, 4.69) is 64.3 Å². The molecule has 3 fully saturated rings. The number of phenols is 1. The number of aromatic hydroxyl groups is 1. The van der Waals surface area contributed by atoms with Crippen molar-refractivity contribution in [3.05, 3.63) is 107 Å². The number of pyridine rings is 3. The normalized spacial score (nSPS) is 14.4. The number of nitrogens with one attached hydrogen (secondary N) is 3. The van der Waals surface area contributed by atoms with E-state index >= 15 is 0 Å². The minimum atomic E-state index is -3.15. The van der Waals surface area contributed by atoms with Gasteiger partial charge in [0.1, 0.15) is 39.4 Å². The second-order valence-corrected chi connectivity index (χ2v) is 14.7. The first-order valence-corrected chi connectivity index (χ1v) is 41.7. The molecule has 1 aliphatic heterocycles. The van der Waals surface area contributed by atoms with Gasteiger partial charge in [-0.1, -0.05) is 37.8 Å². The number of nitrogens with two attached hydrogens (primary N) is 1. The summed E-state index contributed by atoms with van der Waals surface area (Å²) in [6.07, 6.45) is 15.0. The van der Waals surface area contributed by atoms with Gasteiger partial charge in [0.05, 0.1) is 32.7 Å². The fourth-order valence-corrected chi connectivity index (χ4v) is 6.07. The van der Waals surface area contributed by atoms with E-state index in [4.69, 9.17) is 21.8 Å². The molecule has 14 nitrogen and oxygen atoms in total. The summed E-state index contributed by atoms with van der Waals surface area (Å²) in [4.78, 5) is 33.8. The molecule has 4 heterocycles. The Morgan fingerprint density at radius 2 is 1.34 bits per heavy atom. The first-order chi connectivity index (χ1) is 31.8. The zero-order chi connectivity index (χ0) is 50.1. The summed E-state index contributed by atoms with van der Waals surface area (Å²) in [6.45, 7) is 7.15. The summed E-state index contributed by atoms with van der Waals surface area (Å²) in [6, 6.07) is 17.2. The van der Waals surface area contributed by atoms with Crippen molar-refractivity contribution in [3.63, 3.8) is 0 Å². The third-order valence-electron chi connectivity index (χ3n) is 8.91. The van der Waals surface area contributed by atoms with Gasteiger partial charge in [0.15, 0.2) is 0 Å². The predicted molar refractivity (Wildman–Crippen MR) is 261 cm³/mol. The molecule has 4 aromatic rings. The third-order valence-corrected chi connectivity index (χ3v) is 9.50. The molecule has 2 atom stereocenters. The van der Waals surface area contributed by atoms with E-state index in [1.54, 1.807) is 61.6 Å². The first kappa shape index (κ1) is 73.3. The van der Waals surface area contributed by atoms with Crippen LogP contribution in [0.5, 0.6) is 5.75 Å². The van der Waals surface area contributed by atoms with Gasteiger partial charge < -0.3 is 41.8 Å². The molecular weight excluding hydrogens is 1230 g/mol. The quantitative estimate of drug-likeness (QED) is 0.0307. The average molecular weight is 1290 g/mol. The Morgan fingerprint density at radius 1 is 0.910 bits per heavy atom. The van der Waals surface area contributed by atoms with E-state index in [1.165, 1.54) is 151 Å².